The van der Waals surface area contributed by atoms with Crippen LogP contribution in [-0.4, -0.2) is 33.6 Å². The molecule has 1 heterocycles. The molecule has 0 bridgehead atoms. The van der Waals surface area contributed by atoms with E-state index in [1.807, 2.05) is 0 Å². The van der Waals surface area contributed by atoms with Crippen molar-refractivity contribution in [2.75, 3.05) is 4.90 Å². The zero-order valence-electron chi connectivity index (χ0n) is 17.3. The summed E-state index contributed by atoms with van der Waals surface area (Å²) >= 11 is 6.29. The van der Waals surface area contributed by atoms with Gasteiger partial charge in [0, 0.05) is 29.3 Å². The van der Waals surface area contributed by atoms with Gasteiger partial charge in [-0.05, 0) is 29.8 Å². The molecule has 3 aromatic rings. The fraction of sp³-hybridized carbons (Fsp3) is 0.125. The van der Waals surface area contributed by atoms with Crippen LogP contribution in [0.4, 0.5) is 11.4 Å². The number of amides is 3. The molecule has 8 nitrogen and oxygen atoms in total. The van der Waals surface area contributed by atoms with E-state index in [9.17, 15) is 24.5 Å². The van der Waals surface area contributed by atoms with Gasteiger partial charge in [-0.15, -0.1) is 0 Å². The Bertz CT molecular complexity index is 1250. The second-order valence-corrected chi connectivity index (χ2v) is 7.86. The van der Waals surface area contributed by atoms with Gasteiger partial charge in [0.15, 0.2) is 0 Å². The van der Waals surface area contributed by atoms with Gasteiger partial charge in [-0.1, -0.05) is 54.1 Å². The molecule has 1 aliphatic heterocycles. The predicted molar refractivity (Wildman–Crippen MR) is 122 cm³/mol. The minimum Gasteiger partial charge on any atom is -0.322 e. The largest absolute Gasteiger partial charge is 0.322 e. The number of halogens is 1. The molecular formula is C24H18ClN3O5. The second kappa shape index (κ2) is 9.22. The van der Waals surface area contributed by atoms with E-state index in [2.05, 4.69) is 0 Å². The summed E-state index contributed by atoms with van der Waals surface area (Å²) in [7, 11) is 0. The molecule has 0 radical (unpaired) electrons. The van der Waals surface area contributed by atoms with Crippen LogP contribution in [0.1, 0.15) is 22.3 Å². The van der Waals surface area contributed by atoms with Crippen molar-refractivity contribution in [3.63, 3.8) is 0 Å². The maximum Gasteiger partial charge on any atom is 0.270 e. The predicted octanol–water partition coefficient (Wildman–Crippen LogP) is 4.22. The first-order valence-electron chi connectivity index (χ1n) is 10.1. The first kappa shape index (κ1) is 22.2. The highest BCUT2D eigenvalue weighted by molar-refractivity contribution is 6.31. The van der Waals surface area contributed by atoms with Crippen LogP contribution >= 0.6 is 11.6 Å². The van der Waals surface area contributed by atoms with Crippen molar-refractivity contribution in [2.45, 2.75) is 19.0 Å². The van der Waals surface area contributed by atoms with Gasteiger partial charge in [0.25, 0.3) is 17.5 Å². The van der Waals surface area contributed by atoms with Gasteiger partial charge in [0.2, 0.25) is 5.91 Å². The number of hydrogen-bond donors (Lipinski definition) is 0. The topological polar surface area (TPSA) is 101 Å². The Labute approximate surface area is 194 Å². The van der Waals surface area contributed by atoms with E-state index in [-0.39, 0.29) is 24.2 Å². The fourth-order valence-corrected chi connectivity index (χ4v) is 3.96. The summed E-state index contributed by atoms with van der Waals surface area (Å²) in [4.78, 5) is 52.5. The van der Waals surface area contributed by atoms with Gasteiger partial charge in [-0.2, -0.15) is 0 Å². The maximum atomic E-state index is 13.5. The molecule has 1 atom stereocenters. The van der Waals surface area contributed by atoms with Crippen molar-refractivity contribution in [3.05, 3.63) is 105 Å². The zero-order valence-corrected chi connectivity index (χ0v) is 18.0. The van der Waals surface area contributed by atoms with Crippen LogP contribution in [0.25, 0.3) is 0 Å². The first-order chi connectivity index (χ1) is 15.9. The van der Waals surface area contributed by atoms with Gasteiger partial charge in [-0.3, -0.25) is 24.5 Å². The van der Waals surface area contributed by atoms with Crippen LogP contribution in [0.3, 0.4) is 0 Å². The second-order valence-electron chi connectivity index (χ2n) is 7.45. The highest BCUT2D eigenvalue weighted by Crippen LogP contribution is 2.29. The smallest absolute Gasteiger partial charge is 0.270 e. The molecule has 33 heavy (non-hydrogen) atoms. The number of nitro groups is 1. The molecule has 0 N–H and O–H groups in total. The minimum absolute atomic E-state index is 0.0367. The number of carbonyl (C=O) groups excluding carboxylic acids is 3. The van der Waals surface area contributed by atoms with E-state index in [0.717, 1.165) is 11.0 Å². The van der Waals surface area contributed by atoms with E-state index in [1.54, 1.807) is 54.6 Å². The third-order valence-corrected chi connectivity index (χ3v) is 5.75. The van der Waals surface area contributed by atoms with Gasteiger partial charge >= 0.3 is 0 Å². The number of rotatable bonds is 6. The van der Waals surface area contributed by atoms with Gasteiger partial charge in [0.05, 0.1) is 17.0 Å². The Balaban J connectivity index is 1.73. The molecule has 0 saturated carbocycles. The molecule has 9 heteroatoms. The highest BCUT2D eigenvalue weighted by atomic mass is 35.5. The van der Waals surface area contributed by atoms with Crippen LogP contribution in [0, 0.1) is 10.1 Å². The molecular weight excluding hydrogens is 446 g/mol. The van der Waals surface area contributed by atoms with Crippen LogP contribution in [0.5, 0.6) is 0 Å². The van der Waals surface area contributed by atoms with Crippen LogP contribution in [0.15, 0.2) is 78.9 Å². The molecule has 166 valence electrons. The summed E-state index contributed by atoms with van der Waals surface area (Å²) in [5.41, 5.74) is 0.778. The number of imide groups is 1. The first-order valence-corrected chi connectivity index (χ1v) is 10.5. The average molecular weight is 464 g/mol. The monoisotopic (exact) mass is 463 g/mol. The number of nitro benzene ring substituents is 1. The van der Waals surface area contributed by atoms with Crippen molar-refractivity contribution in [3.8, 4) is 0 Å². The summed E-state index contributed by atoms with van der Waals surface area (Å²) in [6, 6.07) is 19.5. The lowest BCUT2D eigenvalue weighted by atomic mass is 10.1. The number of anilines is 1. The standard InChI is InChI=1S/C24H18ClN3O5/c25-20-12-5-4-7-17(20)15-26(23(30)16-8-6-11-19(13-16)28(32)33)21-14-22(29)27(24(21)31)18-9-2-1-3-10-18/h1-13,21H,14-15H2. The SMILES string of the molecule is O=C1CC(N(Cc2ccccc2Cl)C(=O)c2cccc([N+](=O)[O-])c2)C(=O)N1c1ccccc1. The van der Waals surface area contributed by atoms with Gasteiger partial charge < -0.3 is 4.90 Å². The van der Waals surface area contributed by atoms with E-state index in [0.29, 0.717) is 16.3 Å². The number of benzene rings is 3. The molecule has 1 unspecified atom stereocenters. The van der Waals surface area contributed by atoms with E-state index >= 15 is 0 Å². The van der Waals surface area contributed by atoms with Crippen molar-refractivity contribution < 1.29 is 19.3 Å². The van der Waals surface area contributed by atoms with E-state index < -0.39 is 28.7 Å². The summed E-state index contributed by atoms with van der Waals surface area (Å²) < 4.78 is 0. The number of non-ortho nitro benzene ring substituents is 1. The number of hydrogen-bond acceptors (Lipinski definition) is 5. The zero-order chi connectivity index (χ0) is 23.5. The van der Waals surface area contributed by atoms with Crippen molar-refractivity contribution in [1.82, 2.24) is 4.90 Å². The maximum absolute atomic E-state index is 13.5. The quantitative estimate of drug-likeness (QED) is 0.309. The fourth-order valence-electron chi connectivity index (χ4n) is 3.76. The van der Waals surface area contributed by atoms with Crippen LogP contribution in [-0.2, 0) is 16.1 Å². The Morgan fingerprint density at radius 3 is 2.42 bits per heavy atom. The van der Waals surface area contributed by atoms with Crippen LogP contribution < -0.4 is 4.90 Å². The van der Waals surface area contributed by atoms with Crippen molar-refractivity contribution >= 4 is 40.7 Å². The average Bonchev–Trinajstić information content (AvgIpc) is 3.12. The molecule has 0 aromatic heterocycles. The van der Waals surface area contributed by atoms with E-state index in [1.165, 1.54) is 23.1 Å². The summed E-state index contributed by atoms with van der Waals surface area (Å²) in [5.74, 6) is -1.59. The Hall–Kier alpha value is -4.04. The molecule has 1 aliphatic rings. The summed E-state index contributed by atoms with van der Waals surface area (Å²) in [5, 5.41) is 11.6. The third kappa shape index (κ3) is 4.47. The number of carbonyl (C=O) groups is 3. The van der Waals surface area contributed by atoms with Gasteiger partial charge in [0.1, 0.15) is 6.04 Å². The van der Waals surface area contributed by atoms with Crippen LogP contribution in [0.2, 0.25) is 5.02 Å². The lowest BCUT2D eigenvalue weighted by Gasteiger charge is -2.28. The minimum atomic E-state index is -1.08. The lowest BCUT2D eigenvalue weighted by Crippen LogP contribution is -2.45. The molecule has 3 amide bonds. The lowest BCUT2D eigenvalue weighted by molar-refractivity contribution is -0.384. The Morgan fingerprint density at radius 1 is 1.03 bits per heavy atom. The molecule has 4 rings (SSSR count). The van der Waals surface area contributed by atoms with Crippen molar-refractivity contribution in [1.29, 1.82) is 0 Å². The number of para-hydroxylation sites is 1. The third-order valence-electron chi connectivity index (χ3n) is 5.38. The number of nitrogens with zero attached hydrogens (tertiary/aromatic N) is 3. The molecule has 0 spiro atoms. The highest BCUT2D eigenvalue weighted by Gasteiger charge is 2.44. The summed E-state index contributed by atoms with van der Waals surface area (Å²) in [6.45, 7) is -0.0481. The summed E-state index contributed by atoms with van der Waals surface area (Å²) in [6.07, 6.45) is -0.209. The molecule has 1 fully saturated rings. The molecule has 0 aliphatic carbocycles. The van der Waals surface area contributed by atoms with Gasteiger partial charge in [-0.25, -0.2) is 4.90 Å². The van der Waals surface area contributed by atoms with Crippen molar-refractivity contribution in [2.24, 2.45) is 0 Å². The Morgan fingerprint density at radius 2 is 1.73 bits per heavy atom. The Kier molecular flexibility index (Phi) is 6.19. The molecule has 3 aromatic carbocycles. The van der Waals surface area contributed by atoms with E-state index in [4.69, 9.17) is 11.6 Å². The normalized spacial score (nSPS) is 15.5. The molecule has 1 saturated heterocycles.